The minimum Gasteiger partial charge on any atom is -0.456 e. The predicted molar refractivity (Wildman–Crippen MR) is 244 cm³/mol. The van der Waals surface area contributed by atoms with Crippen molar-refractivity contribution < 1.29 is 4.42 Å². The molecule has 2 heterocycles. The standard InChI is InChI=1S/C55H33N3O/c1-3-15-34(16-4-1)40-29-30-49-52(48-31-36-19-7-8-20-37(36)33-50(48)59-49)51(40)45-27-28-46(43-25-13-12-24-42(43)45)54-56-53(35-17-5-2-6-18-35)57-55(58-54)47-32-38-21-9-10-22-39(38)41-23-11-14-26-44(41)47/h1-33H. The van der Waals surface area contributed by atoms with Crippen LogP contribution >= 0.6 is 0 Å². The molecular weight excluding hydrogens is 719 g/mol. The van der Waals surface area contributed by atoms with Crippen molar-refractivity contribution in [1.82, 2.24) is 15.0 Å². The van der Waals surface area contributed by atoms with Gasteiger partial charge in [0.05, 0.1) is 0 Å². The number of aromatic nitrogens is 3. The zero-order valence-corrected chi connectivity index (χ0v) is 31.8. The highest BCUT2D eigenvalue weighted by atomic mass is 16.3. The number of nitrogens with zero attached hydrogens (tertiary/aromatic N) is 3. The van der Waals surface area contributed by atoms with Crippen LogP contribution in [0.15, 0.2) is 205 Å². The van der Waals surface area contributed by atoms with Gasteiger partial charge in [0.25, 0.3) is 0 Å². The van der Waals surface area contributed by atoms with Crippen molar-refractivity contribution in [2.24, 2.45) is 0 Å². The molecule has 12 rings (SSSR count). The summed E-state index contributed by atoms with van der Waals surface area (Å²) >= 11 is 0. The Labute approximate surface area is 339 Å². The molecule has 2 aromatic heterocycles. The van der Waals surface area contributed by atoms with Crippen LogP contribution in [0, 0.1) is 0 Å². The normalized spacial score (nSPS) is 11.7. The van der Waals surface area contributed by atoms with E-state index in [1.807, 2.05) is 18.2 Å². The first kappa shape index (κ1) is 33.2. The number of hydrogen-bond acceptors (Lipinski definition) is 4. The summed E-state index contributed by atoms with van der Waals surface area (Å²) in [5.74, 6) is 1.89. The molecule has 0 amide bonds. The van der Waals surface area contributed by atoms with E-state index < -0.39 is 0 Å². The van der Waals surface area contributed by atoms with Crippen LogP contribution in [0.1, 0.15) is 0 Å². The van der Waals surface area contributed by atoms with Gasteiger partial charge in [-0.3, -0.25) is 0 Å². The third-order valence-electron chi connectivity index (χ3n) is 11.7. The molecule has 10 aromatic carbocycles. The minimum absolute atomic E-state index is 0.621. The molecule has 0 spiro atoms. The van der Waals surface area contributed by atoms with E-state index in [0.717, 1.165) is 87.8 Å². The van der Waals surface area contributed by atoms with E-state index in [1.165, 1.54) is 16.2 Å². The molecule has 0 unspecified atom stereocenters. The lowest BCUT2D eigenvalue weighted by Crippen LogP contribution is -2.01. The SMILES string of the molecule is c1ccc(-c2nc(-c3ccc(-c4c(-c5ccccc5)ccc5oc6cc7ccccc7cc6c45)c4ccccc34)nc(-c3cc4ccccc4c4ccccc34)n2)cc1. The first-order chi connectivity index (χ1) is 29.2. The van der Waals surface area contributed by atoms with Crippen LogP contribution in [-0.2, 0) is 0 Å². The molecule has 59 heavy (non-hydrogen) atoms. The van der Waals surface area contributed by atoms with Crippen molar-refractivity contribution in [3.8, 4) is 56.4 Å². The Bertz CT molecular complexity index is 3610. The van der Waals surface area contributed by atoms with Gasteiger partial charge in [0.15, 0.2) is 17.5 Å². The lowest BCUT2D eigenvalue weighted by molar-refractivity contribution is 0.669. The molecule has 0 fully saturated rings. The predicted octanol–water partition coefficient (Wildman–Crippen LogP) is 14.7. The maximum absolute atomic E-state index is 6.66. The van der Waals surface area contributed by atoms with Gasteiger partial charge in [0.2, 0.25) is 0 Å². The van der Waals surface area contributed by atoms with Gasteiger partial charge in [-0.1, -0.05) is 170 Å². The van der Waals surface area contributed by atoms with E-state index in [4.69, 9.17) is 19.4 Å². The molecule has 4 heteroatoms. The maximum Gasteiger partial charge on any atom is 0.164 e. The van der Waals surface area contributed by atoms with Crippen LogP contribution in [0.4, 0.5) is 0 Å². The molecule has 274 valence electrons. The van der Waals surface area contributed by atoms with Gasteiger partial charge in [0, 0.05) is 33.0 Å². The summed E-state index contributed by atoms with van der Waals surface area (Å²) in [7, 11) is 0. The van der Waals surface area contributed by atoms with Crippen LogP contribution in [-0.4, -0.2) is 15.0 Å². The first-order valence-electron chi connectivity index (χ1n) is 19.9. The third kappa shape index (κ3) is 5.42. The zero-order chi connectivity index (χ0) is 38.9. The second-order valence-electron chi connectivity index (χ2n) is 15.1. The Kier molecular flexibility index (Phi) is 7.50. The van der Waals surface area contributed by atoms with Crippen LogP contribution in [0.2, 0.25) is 0 Å². The number of fused-ring (bicyclic) bond motifs is 8. The fourth-order valence-corrected chi connectivity index (χ4v) is 8.98. The fourth-order valence-electron chi connectivity index (χ4n) is 8.98. The highest BCUT2D eigenvalue weighted by Gasteiger charge is 2.22. The molecule has 0 radical (unpaired) electrons. The van der Waals surface area contributed by atoms with Gasteiger partial charge < -0.3 is 4.42 Å². The molecule has 0 saturated carbocycles. The highest BCUT2D eigenvalue weighted by molar-refractivity contribution is 6.21. The molecule has 0 bridgehead atoms. The van der Waals surface area contributed by atoms with Gasteiger partial charge in [0.1, 0.15) is 11.2 Å². The van der Waals surface area contributed by atoms with Gasteiger partial charge in [-0.25, -0.2) is 15.0 Å². The Morgan fingerprint density at radius 2 is 0.797 bits per heavy atom. The summed E-state index contributed by atoms with van der Waals surface area (Å²) < 4.78 is 6.66. The molecule has 0 aliphatic carbocycles. The lowest BCUT2D eigenvalue weighted by Gasteiger charge is -2.17. The van der Waals surface area contributed by atoms with Gasteiger partial charge in [-0.15, -0.1) is 0 Å². The molecule has 0 aliphatic heterocycles. The molecule has 0 aliphatic rings. The second-order valence-corrected chi connectivity index (χ2v) is 15.1. The van der Waals surface area contributed by atoms with Gasteiger partial charge in [-0.2, -0.15) is 0 Å². The van der Waals surface area contributed by atoms with Crippen LogP contribution < -0.4 is 0 Å². The van der Waals surface area contributed by atoms with Crippen molar-refractivity contribution in [1.29, 1.82) is 0 Å². The molecule has 12 aromatic rings. The Morgan fingerprint density at radius 1 is 0.288 bits per heavy atom. The largest absolute Gasteiger partial charge is 0.456 e. The summed E-state index contributed by atoms with van der Waals surface area (Å²) in [4.78, 5) is 15.8. The molecule has 4 nitrogen and oxygen atoms in total. The Hall–Kier alpha value is -7.95. The maximum atomic E-state index is 6.66. The van der Waals surface area contributed by atoms with Crippen molar-refractivity contribution in [3.05, 3.63) is 200 Å². The number of hydrogen-bond donors (Lipinski definition) is 0. The number of rotatable bonds is 5. The van der Waals surface area contributed by atoms with Crippen LogP contribution in [0.5, 0.6) is 0 Å². The summed E-state index contributed by atoms with van der Waals surface area (Å²) in [5, 5.41) is 11.3. The average Bonchev–Trinajstić information content (AvgIpc) is 3.67. The van der Waals surface area contributed by atoms with E-state index in [9.17, 15) is 0 Å². The average molecular weight is 752 g/mol. The molecule has 0 atom stereocenters. The van der Waals surface area contributed by atoms with E-state index in [2.05, 4.69) is 182 Å². The Balaban J connectivity index is 1.14. The topological polar surface area (TPSA) is 51.8 Å². The first-order valence-corrected chi connectivity index (χ1v) is 19.9. The minimum atomic E-state index is 0.621. The van der Waals surface area contributed by atoms with Gasteiger partial charge in [-0.05, 0) is 90.1 Å². The Morgan fingerprint density at radius 3 is 1.53 bits per heavy atom. The second kappa shape index (κ2) is 13.3. The number of benzene rings is 10. The quantitative estimate of drug-likeness (QED) is 0.164. The third-order valence-corrected chi connectivity index (χ3v) is 11.7. The fraction of sp³-hybridized carbons (Fsp3) is 0. The summed E-state index contributed by atoms with van der Waals surface area (Å²) in [6, 6.07) is 70.4. The highest BCUT2D eigenvalue weighted by Crippen LogP contribution is 2.47. The molecular formula is C55H33N3O. The summed E-state index contributed by atoms with van der Waals surface area (Å²) in [5.41, 5.74) is 9.10. The number of furan rings is 1. The smallest absolute Gasteiger partial charge is 0.164 e. The van der Waals surface area contributed by atoms with E-state index >= 15 is 0 Å². The van der Waals surface area contributed by atoms with E-state index in [1.54, 1.807) is 0 Å². The molecule has 0 saturated heterocycles. The molecule has 0 N–H and O–H groups in total. The van der Waals surface area contributed by atoms with E-state index in [-0.39, 0.29) is 0 Å². The van der Waals surface area contributed by atoms with E-state index in [0.29, 0.717) is 17.5 Å². The van der Waals surface area contributed by atoms with Crippen molar-refractivity contribution in [2.75, 3.05) is 0 Å². The monoisotopic (exact) mass is 751 g/mol. The van der Waals surface area contributed by atoms with Crippen molar-refractivity contribution in [3.63, 3.8) is 0 Å². The zero-order valence-electron chi connectivity index (χ0n) is 31.8. The summed E-state index contributed by atoms with van der Waals surface area (Å²) in [6.45, 7) is 0. The lowest BCUT2D eigenvalue weighted by atomic mass is 9.87. The van der Waals surface area contributed by atoms with Gasteiger partial charge >= 0.3 is 0 Å². The van der Waals surface area contributed by atoms with Crippen molar-refractivity contribution in [2.45, 2.75) is 0 Å². The van der Waals surface area contributed by atoms with Crippen molar-refractivity contribution >= 4 is 65.0 Å². The van der Waals surface area contributed by atoms with Crippen LogP contribution in [0.25, 0.3) is 121 Å². The van der Waals surface area contributed by atoms with Crippen LogP contribution in [0.3, 0.4) is 0 Å². The summed E-state index contributed by atoms with van der Waals surface area (Å²) in [6.07, 6.45) is 0.